The van der Waals surface area contributed by atoms with E-state index in [4.69, 9.17) is 9.15 Å². The Bertz CT molecular complexity index is 824. The maximum absolute atomic E-state index is 12.7. The van der Waals surface area contributed by atoms with Crippen molar-refractivity contribution >= 4 is 5.96 Å². The van der Waals surface area contributed by atoms with Gasteiger partial charge < -0.3 is 24.5 Å². The summed E-state index contributed by atoms with van der Waals surface area (Å²) in [6.45, 7) is -0.00283. The second kappa shape index (κ2) is 11.5. The topological polar surface area (TPSA) is 71.3 Å². The highest BCUT2D eigenvalue weighted by molar-refractivity contribution is 5.79. The molecule has 2 N–H and O–H groups in total. The van der Waals surface area contributed by atoms with Gasteiger partial charge in [0.1, 0.15) is 17.3 Å². The number of ether oxygens (including phenoxy) is 2. The first-order valence-electron chi connectivity index (χ1n) is 10.4. The number of hydrogen-bond donors (Lipinski definition) is 2. The lowest BCUT2D eigenvalue weighted by Crippen LogP contribution is -2.44. The van der Waals surface area contributed by atoms with E-state index >= 15 is 0 Å². The molecule has 1 atom stereocenters. The molecular formula is C22H30F2N4O3. The molecule has 9 heteroatoms. The zero-order valence-electron chi connectivity index (χ0n) is 17.9. The standard InChI is InChI=1S/C22H30F2N4O3/c1-25-22(26-14-16-13-17(29-2)8-9-19(16)31-21(23)24)27-15-18(20-7-6-12-30-20)28-10-4-3-5-11-28/h6-9,12-13,18,21H,3-5,10-11,14-15H2,1-2H3,(H2,25,26,27). The Morgan fingerprint density at radius 3 is 2.65 bits per heavy atom. The molecule has 170 valence electrons. The largest absolute Gasteiger partial charge is 0.497 e. The minimum absolute atomic E-state index is 0.0865. The van der Waals surface area contributed by atoms with Crippen LogP contribution in [0.1, 0.15) is 36.6 Å². The van der Waals surface area contributed by atoms with Crippen molar-refractivity contribution in [3.8, 4) is 11.5 Å². The van der Waals surface area contributed by atoms with E-state index in [2.05, 4.69) is 25.3 Å². The molecule has 1 aromatic heterocycles. The number of rotatable bonds is 9. The average molecular weight is 437 g/mol. The molecule has 1 aliphatic heterocycles. The number of benzene rings is 1. The molecule has 1 saturated heterocycles. The van der Waals surface area contributed by atoms with E-state index in [0.29, 0.717) is 23.8 Å². The zero-order valence-corrected chi connectivity index (χ0v) is 17.9. The van der Waals surface area contributed by atoms with Crippen LogP contribution in [-0.4, -0.2) is 51.3 Å². The Morgan fingerprint density at radius 1 is 1.19 bits per heavy atom. The Balaban J connectivity index is 1.63. The number of hydrogen-bond acceptors (Lipinski definition) is 5. The number of alkyl halides is 2. The van der Waals surface area contributed by atoms with Gasteiger partial charge in [-0.3, -0.25) is 9.89 Å². The fourth-order valence-electron chi connectivity index (χ4n) is 3.75. The Kier molecular flexibility index (Phi) is 8.52. The Morgan fingerprint density at radius 2 is 2.00 bits per heavy atom. The molecule has 2 heterocycles. The van der Waals surface area contributed by atoms with Gasteiger partial charge in [-0.15, -0.1) is 0 Å². The minimum Gasteiger partial charge on any atom is -0.497 e. The van der Waals surface area contributed by atoms with Crippen LogP contribution in [0.2, 0.25) is 0 Å². The Hall–Kier alpha value is -2.81. The van der Waals surface area contributed by atoms with E-state index in [1.165, 1.54) is 32.4 Å². The van der Waals surface area contributed by atoms with Gasteiger partial charge in [0, 0.05) is 25.7 Å². The van der Waals surface area contributed by atoms with Crippen LogP contribution in [0, 0.1) is 0 Å². The summed E-state index contributed by atoms with van der Waals surface area (Å²) in [4.78, 5) is 6.68. The van der Waals surface area contributed by atoms with Crippen LogP contribution in [0.25, 0.3) is 0 Å². The molecule has 1 aromatic carbocycles. The van der Waals surface area contributed by atoms with Gasteiger partial charge >= 0.3 is 6.61 Å². The van der Waals surface area contributed by atoms with Crippen LogP contribution in [0.5, 0.6) is 11.5 Å². The summed E-state index contributed by atoms with van der Waals surface area (Å²) in [5, 5.41) is 6.49. The number of nitrogens with one attached hydrogen (secondary N) is 2. The van der Waals surface area contributed by atoms with E-state index in [-0.39, 0.29) is 18.3 Å². The molecule has 0 spiro atoms. The lowest BCUT2D eigenvalue weighted by atomic mass is 10.1. The molecule has 1 aliphatic rings. The monoisotopic (exact) mass is 436 g/mol. The number of nitrogens with zero attached hydrogens (tertiary/aromatic N) is 2. The van der Waals surface area contributed by atoms with Crippen LogP contribution in [0.4, 0.5) is 8.78 Å². The summed E-state index contributed by atoms with van der Waals surface area (Å²) in [7, 11) is 3.19. The van der Waals surface area contributed by atoms with Gasteiger partial charge in [-0.25, -0.2) is 0 Å². The molecule has 0 radical (unpaired) electrons. The van der Waals surface area contributed by atoms with Crippen LogP contribution in [-0.2, 0) is 6.54 Å². The van der Waals surface area contributed by atoms with Gasteiger partial charge in [-0.2, -0.15) is 8.78 Å². The summed E-state index contributed by atoms with van der Waals surface area (Å²) >= 11 is 0. The number of methoxy groups -OCH3 is 1. The third kappa shape index (κ3) is 6.58. The first kappa shape index (κ1) is 22.9. The van der Waals surface area contributed by atoms with E-state index in [1.807, 2.05) is 12.1 Å². The normalized spacial score (nSPS) is 16.2. The summed E-state index contributed by atoms with van der Waals surface area (Å²) < 4.78 is 41.0. The van der Waals surface area contributed by atoms with Crippen LogP contribution >= 0.6 is 0 Å². The van der Waals surface area contributed by atoms with Crippen molar-refractivity contribution in [3.05, 3.63) is 47.9 Å². The number of likely N-dealkylation sites (tertiary alicyclic amines) is 1. The highest BCUT2D eigenvalue weighted by Crippen LogP contribution is 2.26. The van der Waals surface area contributed by atoms with Crippen molar-refractivity contribution < 1.29 is 22.7 Å². The van der Waals surface area contributed by atoms with Gasteiger partial charge in [0.2, 0.25) is 0 Å². The van der Waals surface area contributed by atoms with E-state index in [9.17, 15) is 8.78 Å². The fourth-order valence-corrected chi connectivity index (χ4v) is 3.75. The minimum atomic E-state index is -2.90. The molecule has 1 unspecified atom stereocenters. The molecule has 0 aliphatic carbocycles. The molecule has 31 heavy (non-hydrogen) atoms. The third-order valence-electron chi connectivity index (χ3n) is 5.32. The average Bonchev–Trinajstić information content (AvgIpc) is 3.32. The predicted molar refractivity (Wildman–Crippen MR) is 115 cm³/mol. The first-order chi connectivity index (χ1) is 15.1. The van der Waals surface area contributed by atoms with Gasteiger partial charge in [-0.1, -0.05) is 6.42 Å². The molecule has 7 nitrogen and oxygen atoms in total. The number of aliphatic imine (C=N–C) groups is 1. The van der Waals surface area contributed by atoms with Crippen molar-refractivity contribution in [3.63, 3.8) is 0 Å². The van der Waals surface area contributed by atoms with Crippen molar-refractivity contribution in [1.82, 2.24) is 15.5 Å². The second-order valence-electron chi connectivity index (χ2n) is 7.29. The van der Waals surface area contributed by atoms with Crippen LogP contribution < -0.4 is 20.1 Å². The molecular weight excluding hydrogens is 406 g/mol. The number of halogens is 2. The summed E-state index contributed by atoms with van der Waals surface area (Å²) in [5.41, 5.74) is 0.543. The molecule has 2 aromatic rings. The fraction of sp³-hybridized carbons (Fsp3) is 0.500. The quantitative estimate of drug-likeness (QED) is 0.461. The molecule has 1 fully saturated rings. The summed E-state index contributed by atoms with van der Waals surface area (Å²) in [6, 6.07) is 8.69. The summed E-state index contributed by atoms with van der Waals surface area (Å²) in [5.74, 6) is 2.12. The molecule has 0 amide bonds. The van der Waals surface area contributed by atoms with Gasteiger partial charge in [0.05, 0.1) is 19.4 Å². The molecule has 0 bridgehead atoms. The first-order valence-corrected chi connectivity index (χ1v) is 10.4. The third-order valence-corrected chi connectivity index (χ3v) is 5.32. The van der Waals surface area contributed by atoms with Gasteiger partial charge in [0.25, 0.3) is 0 Å². The van der Waals surface area contributed by atoms with Crippen molar-refractivity contribution in [2.75, 3.05) is 33.8 Å². The second-order valence-corrected chi connectivity index (χ2v) is 7.29. The zero-order chi connectivity index (χ0) is 22.1. The van der Waals surface area contributed by atoms with E-state index in [0.717, 1.165) is 18.8 Å². The SMILES string of the molecule is CN=C(NCc1cc(OC)ccc1OC(F)F)NCC(c1ccco1)N1CCCCC1. The smallest absolute Gasteiger partial charge is 0.387 e. The summed E-state index contributed by atoms with van der Waals surface area (Å²) in [6.07, 6.45) is 5.29. The number of guanidine groups is 1. The Labute approximate surface area is 181 Å². The molecule has 3 rings (SSSR count). The van der Waals surface area contributed by atoms with Crippen molar-refractivity contribution in [2.24, 2.45) is 4.99 Å². The predicted octanol–water partition coefficient (Wildman–Crippen LogP) is 3.78. The van der Waals surface area contributed by atoms with Crippen molar-refractivity contribution in [2.45, 2.75) is 38.5 Å². The van der Waals surface area contributed by atoms with E-state index in [1.54, 1.807) is 25.4 Å². The lowest BCUT2D eigenvalue weighted by molar-refractivity contribution is -0.0505. The van der Waals surface area contributed by atoms with Gasteiger partial charge in [0.15, 0.2) is 5.96 Å². The maximum Gasteiger partial charge on any atom is 0.387 e. The van der Waals surface area contributed by atoms with Crippen LogP contribution in [0.3, 0.4) is 0 Å². The number of furan rings is 1. The van der Waals surface area contributed by atoms with Gasteiger partial charge in [-0.05, 0) is 56.3 Å². The van der Waals surface area contributed by atoms with Crippen molar-refractivity contribution in [1.29, 1.82) is 0 Å². The maximum atomic E-state index is 12.7. The number of piperidine rings is 1. The lowest BCUT2D eigenvalue weighted by Gasteiger charge is -2.33. The highest BCUT2D eigenvalue weighted by Gasteiger charge is 2.24. The van der Waals surface area contributed by atoms with E-state index < -0.39 is 6.61 Å². The molecule has 0 saturated carbocycles. The van der Waals surface area contributed by atoms with Crippen LogP contribution in [0.15, 0.2) is 46.0 Å². The highest BCUT2D eigenvalue weighted by atomic mass is 19.3.